The Kier molecular flexibility index (Phi) is 9.24. The first-order valence-electron chi connectivity index (χ1n) is 9.82. The van der Waals surface area contributed by atoms with Crippen molar-refractivity contribution < 1.29 is 9.47 Å². The Labute approximate surface area is 180 Å². The molecule has 150 valence electrons. The van der Waals surface area contributed by atoms with Crippen LogP contribution in [0.25, 0.3) is 0 Å². The Morgan fingerprint density at radius 3 is 2.56 bits per heavy atom. The third-order valence-corrected chi connectivity index (χ3v) is 4.94. The number of hydrogen-bond acceptors (Lipinski definition) is 3. The summed E-state index contributed by atoms with van der Waals surface area (Å²) in [6, 6.07) is 6.58. The zero-order chi connectivity index (χ0) is 18.2. The van der Waals surface area contributed by atoms with Gasteiger partial charge in [-0.05, 0) is 63.1 Å². The number of aliphatic imine (C=N–C) groups is 1. The van der Waals surface area contributed by atoms with Gasteiger partial charge in [0, 0.05) is 12.6 Å². The molecular weight excluding hydrogens is 453 g/mol. The zero-order valence-electron chi connectivity index (χ0n) is 16.4. The Morgan fingerprint density at radius 1 is 1.15 bits per heavy atom. The van der Waals surface area contributed by atoms with E-state index in [1.54, 1.807) is 7.11 Å². The van der Waals surface area contributed by atoms with Crippen LogP contribution in [0.5, 0.6) is 11.5 Å². The van der Waals surface area contributed by atoms with E-state index in [1.807, 2.05) is 12.1 Å². The van der Waals surface area contributed by atoms with Crippen molar-refractivity contribution in [2.24, 2.45) is 4.99 Å². The summed E-state index contributed by atoms with van der Waals surface area (Å²) in [7, 11) is 1.70. The van der Waals surface area contributed by atoms with E-state index < -0.39 is 0 Å². The Hall–Kier alpha value is -1.44. The predicted molar refractivity (Wildman–Crippen MR) is 121 cm³/mol. The van der Waals surface area contributed by atoms with E-state index in [4.69, 9.17) is 14.5 Å². The van der Waals surface area contributed by atoms with Crippen LogP contribution in [0.15, 0.2) is 35.3 Å². The lowest BCUT2D eigenvalue weighted by molar-refractivity contribution is 0.200. The molecule has 1 fully saturated rings. The first kappa shape index (κ1) is 21.9. The molecule has 0 bridgehead atoms. The Balaban J connectivity index is 0.00000261. The average molecular weight is 485 g/mol. The lowest BCUT2D eigenvalue weighted by Crippen LogP contribution is -2.42. The Bertz CT molecular complexity index is 634. The highest BCUT2D eigenvalue weighted by molar-refractivity contribution is 14.0. The number of methoxy groups -OCH3 is 1. The van der Waals surface area contributed by atoms with E-state index in [0.717, 1.165) is 55.3 Å². The van der Waals surface area contributed by atoms with Crippen LogP contribution in [0, 0.1) is 0 Å². The van der Waals surface area contributed by atoms with Crippen molar-refractivity contribution in [1.82, 2.24) is 10.6 Å². The summed E-state index contributed by atoms with van der Waals surface area (Å²) < 4.78 is 11.7. The van der Waals surface area contributed by atoms with Gasteiger partial charge in [-0.15, -0.1) is 24.0 Å². The standard InChI is InChI=1S/C21H31N3O2.HI/c1-3-22-21(24-17-8-4-5-9-17)23-15-16-12-13-19(20(14-16)25-2)26-18-10-6-7-11-18;/h4-5,12-14,17-18H,3,6-11,15H2,1-2H3,(H2,22,23,24);1H. The van der Waals surface area contributed by atoms with Gasteiger partial charge in [0.05, 0.1) is 19.8 Å². The summed E-state index contributed by atoms with van der Waals surface area (Å²) in [6.07, 6.45) is 11.7. The fourth-order valence-electron chi connectivity index (χ4n) is 3.51. The molecule has 0 heterocycles. The minimum atomic E-state index is 0. The molecule has 0 spiro atoms. The minimum Gasteiger partial charge on any atom is -0.493 e. The van der Waals surface area contributed by atoms with Crippen LogP contribution in [-0.2, 0) is 6.54 Å². The number of nitrogens with one attached hydrogen (secondary N) is 2. The summed E-state index contributed by atoms with van der Waals surface area (Å²) in [5.74, 6) is 2.50. The third-order valence-electron chi connectivity index (χ3n) is 4.94. The number of guanidine groups is 1. The smallest absolute Gasteiger partial charge is 0.191 e. The molecule has 0 aromatic heterocycles. The number of halogens is 1. The normalized spacial score (nSPS) is 17.6. The van der Waals surface area contributed by atoms with Gasteiger partial charge in [-0.2, -0.15) is 0 Å². The lowest BCUT2D eigenvalue weighted by atomic mass is 10.2. The molecule has 0 saturated heterocycles. The molecule has 3 rings (SSSR count). The third kappa shape index (κ3) is 6.59. The van der Waals surface area contributed by atoms with Crippen molar-refractivity contribution in [3.8, 4) is 11.5 Å². The highest BCUT2D eigenvalue weighted by Crippen LogP contribution is 2.32. The topological polar surface area (TPSA) is 54.9 Å². The van der Waals surface area contributed by atoms with E-state index in [2.05, 4.69) is 35.8 Å². The van der Waals surface area contributed by atoms with E-state index in [1.165, 1.54) is 12.8 Å². The van der Waals surface area contributed by atoms with Crippen molar-refractivity contribution in [3.05, 3.63) is 35.9 Å². The second-order valence-corrected chi connectivity index (χ2v) is 6.99. The van der Waals surface area contributed by atoms with Crippen LogP contribution < -0.4 is 20.1 Å². The molecule has 1 saturated carbocycles. The summed E-state index contributed by atoms with van der Waals surface area (Å²) in [5, 5.41) is 6.82. The minimum absolute atomic E-state index is 0. The summed E-state index contributed by atoms with van der Waals surface area (Å²) in [4.78, 5) is 4.73. The second kappa shape index (κ2) is 11.4. The van der Waals surface area contributed by atoms with Gasteiger partial charge in [-0.1, -0.05) is 18.2 Å². The highest BCUT2D eigenvalue weighted by Gasteiger charge is 2.18. The number of hydrogen-bond donors (Lipinski definition) is 2. The molecule has 1 aromatic rings. The molecule has 0 radical (unpaired) electrons. The SMILES string of the molecule is CCNC(=NCc1ccc(OC2CCCC2)c(OC)c1)NC1CC=CC1.I. The Morgan fingerprint density at radius 2 is 1.89 bits per heavy atom. The van der Waals surface area contributed by atoms with Gasteiger partial charge in [-0.25, -0.2) is 4.99 Å². The number of benzene rings is 1. The largest absolute Gasteiger partial charge is 0.493 e. The molecule has 1 aromatic carbocycles. The molecule has 27 heavy (non-hydrogen) atoms. The van der Waals surface area contributed by atoms with Gasteiger partial charge in [0.15, 0.2) is 17.5 Å². The first-order valence-corrected chi connectivity index (χ1v) is 9.82. The van der Waals surface area contributed by atoms with Gasteiger partial charge in [0.25, 0.3) is 0 Å². The molecule has 0 atom stereocenters. The predicted octanol–water partition coefficient (Wildman–Crippen LogP) is 4.41. The van der Waals surface area contributed by atoms with Crippen molar-refractivity contribution in [3.63, 3.8) is 0 Å². The molecular formula is C21H32IN3O2. The van der Waals surface area contributed by atoms with Gasteiger partial charge < -0.3 is 20.1 Å². The van der Waals surface area contributed by atoms with E-state index in [-0.39, 0.29) is 24.0 Å². The first-order chi connectivity index (χ1) is 12.8. The number of rotatable bonds is 7. The van der Waals surface area contributed by atoms with Crippen molar-refractivity contribution >= 4 is 29.9 Å². The summed E-state index contributed by atoms with van der Waals surface area (Å²) in [5.41, 5.74) is 1.11. The molecule has 2 N–H and O–H groups in total. The molecule has 2 aliphatic rings. The van der Waals surface area contributed by atoms with Crippen LogP contribution in [0.1, 0.15) is 51.0 Å². The van der Waals surface area contributed by atoms with E-state index in [9.17, 15) is 0 Å². The van der Waals surface area contributed by atoms with E-state index in [0.29, 0.717) is 18.7 Å². The summed E-state index contributed by atoms with van der Waals surface area (Å²) in [6.45, 7) is 3.54. The van der Waals surface area contributed by atoms with Crippen molar-refractivity contribution in [2.75, 3.05) is 13.7 Å². The maximum Gasteiger partial charge on any atom is 0.191 e. The number of nitrogens with zero attached hydrogens (tertiary/aromatic N) is 1. The van der Waals surface area contributed by atoms with Crippen LogP contribution in [0.2, 0.25) is 0 Å². The van der Waals surface area contributed by atoms with Gasteiger partial charge in [-0.3, -0.25) is 0 Å². The van der Waals surface area contributed by atoms with Crippen LogP contribution >= 0.6 is 24.0 Å². The van der Waals surface area contributed by atoms with Gasteiger partial charge in [0.1, 0.15) is 0 Å². The molecule has 0 unspecified atom stereocenters. The molecule has 0 amide bonds. The monoisotopic (exact) mass is 485 g/mol. The van der Waals surface area contributed by atoms with Crippen molar-refractivity contribution in [2.45, 2.75) is 64.1 Å². The fourth-order valence-corrected chi connectivity index (χ4v) is 3.51. The van der Waals surface area contributed by atoms with Crippen LogP contribution in [-0.4, -0.2) is 31.8 Å². The molecule has 5 nitrogen and oxygen atoms in total. The number of ether oxygens (including phenoxy) is 2. The van der Waals surface area contributed by atoms with Crippen LogP contribution in [0.4, 0.5) is 0 Å². The summed E-state index contributed by atoms with van der Waals surface area (Å²) >= 11 is 0. The average Bonchev–Trinajstić information content (AvgIpc) is 3.35. The quantitative estimate of drug-likeness (QED) is 0.260. The van der Waals surface area contributed by atoms with Crippen molar-refractivity contribution in [1.29, 1.82) is 0 Å². The van der Waals surface area contributed by atoms with Gasteiger partial charge >= 0.3 is 0 Å². The van der Waals surface area contributed by atoms with E-state index >= 15 is 0 Å². The van der Waals surface area contributed by atoms with Crippen LogP contribution in [0.3, 0.4) is 0 Å². The molecule has 6 heteroatoms. The maximum absolute atomic E-state index is 6.11. The maximum atomic E-state index is 6.11. The van der Waals surface area contributed by atoms with Gasteiger partial charge in [0.2, 0.25) is 0 Å². The zero-order valence-corrected chi connectivity index (χ0v) is 18.7. The molecule has 2 aliphatic carbocycles. The second-order valence-electron chi connectivity index (χ2n) is 6.99. The molecule has 0 aliphatic heterocycles. The highest BCUT2D eigenvalue weighted by atomic mass is 127. The lowest BCUT2D eigenvalue weighted by Gasteiger charge is -2.17. The fraction of sp³-hybridized carbons (Fsp3) is 0.571.